The summed E-state index contributed by atoms with van der Waals surface area (Å²) in [5.74, 6) is 0.669. The molecule has 6 nitrogen and oxygen atoms in total. The molecule has 22 heavy (non-hydrogen) atoms. The maximum Gasteiger partial charge on any atom is 0.238 e. The first kappa shape index (κ1) is 15.9. The van der Waals surface area contributed by atoms with Crippen molar-refractivity contribution in [2.24, 2.45) is 5.14 Å². The molecule has 2 N–H and O–H groups in total. The Morgan fingerprint density at radius 1 is 1.23 bits per heavy atom. The van der Waals surface area contributed by atoms with E-state index in [0.29, 0.717) is 11.5 Å². The van der Waals surface area contributed by atoms with Gasteiger partial charge in [-0.1, -0.05) is 18.2 Å². The van der Waals surface area contributed by atoms with Crippen LogP contribution < -0.4 is 10.0 Å². The second-order valence-corrected chi connectivity index (χ2v) is 6.46. The van der Waals surface area contributed by atoms with Crippen molar-refractivity contribution in [2.75, 3.05) is 11.9 Å². The lowest BCUT2D eigenvalue weighted by atomic mass is 10.1. The highest BCUT2D eigenvalue weighted by atomic mass is 32.2. The third-order valence-corrected chi connectivity index (χ3v) is 4.41. The Kier molecular flexibility index (Phi) is 4.45. The monoisotopic (exact) mass is 316 g/mol. The number of nitrogens with zero attached hydrogens (tertiary/aromatic N) is 3. The van der Waals surface area contributed by atoms with E-state index in [2.05, 4.69) is 4.98 Å². The molecule has 7 heteroatoms. The van der Waals surface area contributed by atoms with Gasteiger partial charge in [0.25, 0.3) is 0 Å². The van der Waals surface area contributed by atoms with E-state index in [4.69, 9.17) is 10.4 Å². The highest BCUT2D eigenvalue weighted by Gasteiger charge is 2.15. The summed E-state index contributed by atoms with van der Waals surface area (Å²) >= 11 is 0. The van der Waals surface area contributed by atoms with Crippen molar-refractivity contribution < 1.29 is 8.42 Å². The van der Waals surface area contributed by atoms with Crippen LogP contribution in [0.2, 0.25) is 0 Å². The average molecular weight is 316 g/mol. The largest absolute Gasteiger partial charge is 0.353 e. The molecule has 2 aromatic rings. The van der Waals surface area contributed by atoms with Gasteiger partial charge in [-0.25, -0.2) is 18.5 Å². The van der Waals surface area contributed by atoms with Crippen LogP contribution in [0, 0.1) is 11.3 Å². The highest BCUT2D eigenvalue weighted by Crippen LogP contribution is 2.24. The maximum atomic E-state index is 11.3. The number of rotatable bonds is 4. The molecule has 0 saturated carbocycles. The number of hydrogen-bond donors (Lipinski definition) is 1. The van der Waals surface area contributed by atoms with Gasteiger partial charge in [-0.15, -0.1) is 0 Å². The molecule has 0 spiro atoms. The molecule has 0 amide bonds. The molecule has 0 aliphatic heterocycles. The van der Waals surface area contributed by atoms with Gasteiger partial charge >= 0.3 is 0 Å². The van der Waals surface area contributed by atoms with Crippen LogP contribution in [0.5, 0.6) is 0 Å². The molecule has 0 radical (unpaired) electrons. The summed E-state index contributed by atoms with van der Waals surface area (Å²) in [6.45, 7) is 1.96. The third kappa shape index (κ3) is 3.42. The molecule has 0 fully saturated rings. The van der Waals surface area contributed by atoms with E-state index in [0.717, 1.165) is 5.56 Å². The minimum absolute atomic E-state index is 0.0454. The van der Waals surface area contributed by atoms with Gasteiger partial charge in [0, 0.05) is 7.05 Å². The lowest BCUT2D eigenvalue weighted by Gasteiger charge is -2.26. The number of anilines is 1. The maximum absolute atomic E-state index is 11.3. The standard InChI is InChI=1S/C15H16N4O2S/c1-11(12-6-8-14(9-7-12)22(17,20)21)19(2)15-5-3-4-13(10-16)18-15/h3-9,11H,1-2H3,(H2,17,20,21). The van der Waals surface area contributed by atoms with Crippen molar-refractivity contribution >= 4 is 15.8 Å². The average Bonchev–Trinajstić information content (AvgIpc) is 2.53. The molecule has 1 heterocycles. The van der Waals surface area contributed by atoms with E-state index >= 15 is 0 Å². The fourth-order valence-corrected chi connectivity index (χ4v) is 2.56. The van der Waals surface area contributed by atoms with Crippen molar-refractivity contribution in [1.29, 1.82) is 5.26 Å². The summed E-state index contributed by atoms with van der Waals surface area (Å²) in [4.78, 5) is 6.23. The van der Waals surface area contributed by atoms with E-state index in [9.17, 15) is 8.42 Å². The number of hydrogen-bond acceptors (Lipinski definition) is 5. The van der Waals surface area contributed by atoms with Gasteiger partial charge in [-0.2, -0.15) is 5.26 Å². The van der Waals surface area contributed by atoms with Crippen molar-refractivity contribution in [3.05, 3.63) is 53.7 Å². The number of nitriles is 1. The van der Waals surface area contributed by atoms with E-state index in [-0.39, 0.29) is 10.9 Å². The number of benzene rings is 1. The van der Waals surface area contributed by atoms with E-state index < -0.39 is 10.0 Å². The van der Waals surface area contributed by atoms with Crippen molar-refractivity contribution in [2.45, 2.75) is 17.9 Å². The van der Waals surface area contributed by atoms with Crippen LogP contribution >= 0.6 is 0 Å². The molecule has 0 aliphatic carbocycles. The molecule has 0 bridgehead atoms. The van der Waals surface area contributed by atoms with Crippen LogP contribution in [-0.4, -0.2) is 20.4 Å². The Balaban J connectivity index is 2.27. The van der Waals surface area contributed by atoms with E-state index in [1.165, 1.54) is 12.1 Å². The summed E-state index contributed by atoms with van der Waals surface area (Å²) in [5, 5.41) is 14.0. The molecule has 114 valence electrons. The van der Waals surface area contributed by atoms with Gasteiger partial charge < -0.3 is 4.90 Å². The van der Waals surface area contributed by atoms with Crippen LogP contribution in [0.15, 0.2) is 47.4 Å². The van der Waals surface area contributed by atoms with Crippen molar-refractivity contribution in [3.63, 3.8) is 0 Å². The Morgan fingerprint density at radius 2 is 1.86 bits per heavy atom. The smallest absolute Gasteiger partial charge is 0.238 e. The zero-order valence-electron chi connectivity index (χ0n) is 12.3. The molecule has 2 rings (SSSR count). The Morgan fingerprint density at radius 3 is 2.41 bits per heavy atom. The van der Waals surface area contributed by atoms with Crippen LogP contribution in [-0.2, 0) is 10.0 Å². The quantitative estimate of drug-likeness (QED) is 0.927. The van der Waals surface area contributed by atoms with Crippen LogP contribution in [0.4, 0.5) is 5.82 Å². The highest BCUT2D eigenvalue weighted by molar-refractivity contribution is 7.89. The first-order valence-corrected chi connectivity index (χ1v) is 8.10. The zero-order chi connectivity index (χ0) is 16.3. The van der Waals surface area contributed by atoms with Gasteiger partial charge in [-0.05, 0) is 36.8 Å². The number of aromatic nitrogens is 1. The van der Waals surface area contributed by atoms with E-state index in [1.54, 1.807) is 24.3 Å². The molecule has 0 saturated heterocycles. The lowest BCUT2D eigenvalue weighted by Crippen LogP contribution is -2.23. The van der Waals surface area contributed by atoms with Gasteiger partial charge in [0.15, 0.2) is 0 Å². The molecular weight excluding hydrogens is 300 g/mol. The summed E-state index contributed by atoms with van der Waals surface area (Å²) in [7, 11) is -1.83. The van der Waals surface area contributed by atoms with Gasteiger partial charge in [0.05, 0.1) is 10.9 Å². The topological polar surface area (TPSA) is 100 Å². The van der Waals surface area contributed by atoms with Gasteiger partial charge in [-0.3, -0.25) is 0 Å². The number of sulfonamides is 1. The third-order valence-electron chi connectivity index (χ3n) is 3.48. The Labute approximate surface area is 129 Å². The molecule has 1 aromatic carbocycles. The molecule has 1 aromatic heterocycles. The number of primary sulfonamides is 1. The van der Waals surface area contributed by atoms with Crippen LogP contribution in [0.3, 0.4) is 0 Å². The predicted molar refractivity (Wildman–Crippen MR) is 83.6 cm³/mol. The number of nitrogens with two attached hydrogens (primary N) is 1. The number of pyridine rings is 1. The minimum Gasteiger partial charge on any atom is -0.353 e. The zero-order valence-corrected chi connectivity index (χ0v) is 13.1. The summed E-state index contributed by atoms with van der Waals surface area (Å²) < 4.78 is 22.5. The fourth-order valence-electron chi connectivity index (χ4n) is 2.04. The van der Waals surface area contributed by atoms with Crippen molar-refractivity contribution in [3.8, 4) is 6.07 Å². The SMILES string of the molecule is CC(c1ccc(S(N)(=O)=O)cc1)N(C)c1cccc(C#N)n1. The molecule has 0 aliphatic rings. The fraction of sp³-hybridized carbons (Fsp3) is 0.200. The second kappa shape index (κ2) is 6.13. The van der Waals surface area contributed by atoms with Gasteiger partial charge in [0.2, 0.25) is 10.0 Å². The Hall–Kier alpha value is -2.43. The lowest BCUT2D eigenvalue weighted by molar-refractivity contribution is 0.597. The molecule has 1 atom stereocenters. The summed E-state index contributed by atoms with van der Waals surface area (Å²) in [6, 6.07) is 13.6. The summed E-state index contributed by atoms with van der Waals surface area (Å²) in [6.07, 6.45) is 0. The predicted octanol–water partition coefficient (Wildman–Crippen LogP) is 1.80. The first-order valence-electron chi connectivity index (χ1n) is 6.55. The van der Waals surface area contributed by atoms with Crippen LogP contribution in [0.1, 0.15) is 24.2 Å². The molecular formula is C15H16N4O2S. The van der Waals surface area contributed by atoms with E-state index in [1.807, 2.05) is 31.0 Å². The van der Waals surface area contributed by atoms with Gasteiger partial charge in [0.1, 0.15) is 17.6 Å². The van der Waals surface area contributed by atoms with Crippen molar-refractivity contribution in [1.82, 2.24) is 4.98 Å². The van der Waals surface area contributed by atoms with Crippen LogP contribution in [0.25, 0.3) is 0 Å². The second-order valence-electron chi connectivity index (χ2n) is 4.89. The Bertz CT molecular complexity index is 810. The molecule has 1 unspecified atom stereocenters. The normalized spacial score (nSPS) is 12.5. The minimum atomic E-state index is -3.69. The first-order chi connectivity index (χ1) is 10.3. The summed E-state index contributed by atoms with van der Waals surface area (Å²) in [5.41, 5.74) is 1.26.